The highest BCUT2D eigenvalue weighted by molar-refractivity contribution is 5.83. The van der Waals surface area contributed by atoms with Gasteiger partial charge in [0, 0.05) is 38.1 Å². The van der Waals surface area contributed by atoms with Gasteiger partial charge in [-0.25, -0.2) is 0 Å². The molecule has 7 heteroatoms. The van der Waals surface area contributed by atoms with Crippen molar-refractivity contribution in [2.24, 2.45) is 5.41 Å². The Morgan fingerprint density at radius 1 is 1.33 bits per heavy atom. The summed E-state index contributed by atoms with van der Waals surface area (Å²) in [6, 6.07) is -1.59. The molecule has 0 radical (unpaired) electrons. The van der Waals surface area contributed by atoms with E-state index in [2.05, 4.69) is 10.6 Å². The minimum atomic E-state index is -4.32. The lowest BCUT2D eigenvalue weighted by Crippen LogP contribution is -2.58. The van der Waals surface area contributed by atoms with E-state index < -0.39 is 17.6 Å². The maximum Gasteiger partial charge on any atom is 0.405 e. The summed E-state index contributed by atoms with van der Waals surface area (Å²) in [6.45, 7) is 3.41. The molecule has 2 N–H and O–H groups in total. The van der Waals surface area contributed by atoms with Gasteiger partial charge >= 0.3 is 6.18 Å². The first-order valence-electron chi connectivity index (χ1n) is 7.69. The van der Waals surface area contributed by atoms with E-state index in [1.807, 2.05) is 6.92 Å². The Morgan fingerprint density at radius 2 is 1.95 bits per heavy atom. The second-order valence-corrected chi connectivity index (χ2v) is 6.04. The largest absolute Gasteiger partial charge is 0.405 e. The molecule has 1 aliphatic heterocycles. The highest BCUT2D eigenvalue weighted by Gasteiger charge is 2.46. The number of rotatable bonds is 5. The Hall–Kier alpha value is -0.820. The van der Waals surface area contributed by atoms with E-state index in [0.717, 1.165) is 19.3 Å². The van der Waals surface area contributed by atoms with E-state index in [0.29, 0.717) is 32.6 Å². The molecule has 2 rings (SSSR count). The summed E-state index contributed by atoms with van der Waals surface area (Å²) in [5, 5.41) is 5.60. The summed E-state index contributed by atoms with van der Waals surface area (Å²) in [4.78, 5) is 13.6. The van der Waals surface area contributed by atoms with Crippen LogP contribution in [0.2, 0.25) is 0 Å². The van der Waals surface area contributed by atoms with Crippen LogP contribution < -0.4 is 10.6 Å². The van der Waals surface area contributed by atoms with Gasteiger partial charge in [0.05, 0.1) is 0 Å². The van der Waals surface area contributed by atoms with Crippen LogP contribution in [0.3, 0.4) is 0 Å². The molecule has 0 bridgehead atoms. The van der Waals surface area contributed by atoms with Crippen molar-refractivity contribution in [3.63, 3.8) is 0 Å². The summed E-state index contributed by atoms with van der Waals surface area (Å²) in [5.41, 5.74) is -0.417. The molecule has 1 aliphatic carbocycles. The fourth-order valence-corrected chi connectivity index (χ4v) is 3.17. The first kappa shape index (κ1) is 16.5. The minimum absolute atomic E-state index is 0.208. The maximum absolute atomic E-state index is 13.2. The van der Waals surface area contributed by atoms with Gasteiger partial charge in [-0.1, -0.05) is 13.3 Å². The van der Waals surface area contributed by atoms with Crippen LogP contribution in [0.25, 0.3) is 0 Å². The highest BCUT2D eigenvalue weighted by atomic mass is 19.4. The smallest absolute Gasteiger partial charge is 0.354 e. The number of alkyl halides is 3. The molecule has 0 aromatic carbocycles. The standard InChI is InChI=1S/C14H24F3N3O/c1-2-13(4-3-5-13)12(21)19-10-11(14(15,16)17)20-8-6-18-7-9-20/h11,18H,2-10H2,1H3,(H,19,21). The van der Waals surface area contributed by atoms with Gasteiger partial charge in [-0.2, -0.15) is 13.2 Å². The predicted octanol–water partition coefficient (Wildman–Crippen LogP) is 1.52. The lowest BCUT2D eigenvalue weighted by atomic mass is 9.66. The van der Waals surface area contributed by atoms with E-state index in [-0.39, 0.29) is 12.5 Å². The molecule has 0 aromatic heterocycles. The molecule has 1 saturated heterocycles. The van der Waals surface area contributed by atoms with Crippen molar-refractivity contribution >= 4 is 5.91 Å². The van der Waals surface area contributed by atoms with Crippen LogP contribution in [0.1, 0.15) is 32.6 Å². The molecule has 122 valence electrons. The number of carbonyl (C=O) groups is 1. The molecule has 2 fully saturated rings. The van der Waals surface area contributed by atoms with E-state index in [4.69, 9.17) is 0 Å². The van der Waals surface area contributed by atoms with Crippen molar-refractivity contribution in [1.82, 2.24) is 15.5 Å². The number of nitrogens with zero attached hydrogens (tertiary/aromatic N) is 1. The fraction of sp³-hybridized carbons (Fsp3) is 0.929. The molecule has 0 aromatic rings. The average molecular weight is 307 g/mol. The molecule has 4 nitrogen and oxygen atoms in total. The summed E-state index contributed by atoms with van der Waals surface area (Å²) < 4.78 is 39.6. The van der Waals surface area contributed by atoms with Gasteiger partial charge in [-0.3, -0.25) is 9.69 Å². The monoisotopic (exact) mass is 307 g/mol. The zero-order valence-electron chi connectivity index (χ0n) is 12.4. The quantitative estimate of drug-likeness (QED) is 0.809. The molecule has 1 unspecified atom stereocenters. The SMILES string of the molecule is CCC1(C(=O)NCC(N2CCNCC2)C(F)(F)F)CCC1. The lowest BCUT2D eigenvalue weighted by molar-refractivity contribution is -0.184. The topological polar surface area (TPSA) is 44.4 Å². The van der Waals surface area contributed by atoms with Gasteiger partial charge in [-0.15, -0.1) is 0 Å². The van der Waals surface area contributed by atoms with Gasteiger partial charge in [0.2, 0.25) is 5.91 Å². The van der Waals surface area contributed by atoms with Crippen LogP contribution in [-0.2, 0) is 4.79 Å². The Morgan fingerprint density at radius 3 is 2.38 bits per heavy atom. The third-order valence-electron chi connectivity index (χ3n) is 4.90. The number of nitrogens with one attached hydrogen (secondary N) is 2. The molecular formula is C14H24F3N3O. The zero-order valence-corrected chi connectivity index (χ0v) is 12.4. The van der Waals surface area contributed by atoms with Gasteiger partial charge in [-0.05, 0) is 19.3 Å². The third-order valence-corrected chi connectivity index (χ3v) is 4.90. The molecule has 1 amide bonds. The zero-order chi connectivity index (χ0) is 15.5. The Balaban J connectivity index is 1.94. The van der Waals surface area contributed by atoms with Crippen molar-refractivity contribution < 1.29 is 18.0 Å². The van der Waals surface area contributed by atoms with E-state index in [1.165, 1.54) is 4.90 Å². The van der Waals surface area contributed by atoms with Gasteiger partial charge < -0.3 is 10.6 Å². The average Bonchev–Trinajstić information content (AvgIpc) is 2.38. The van der Waals surface area contributed by atoms with Crippen LogP contribution in [0.4, 0.5) is 13.2 Å². The summed E-state index contributed by atoms with van der Waals surface area (Å²) in [7, 11) is 0. The Bertz CT molecular complexity index is 357. The predicted molar refractivity (Wildman–Crippen MR) is 73.9 cm³/mol. The summed E-state index contributed by atoms with van der Waals surface area (Å²) >= 11 is 0. The molecule has 1 saturated carbocycles. The second-order valence-electron chi connectivity index (χ2n) is 6.04. The number of halogens is 3. The van der Waals surface area contributed by atoms with Gasteiger partial charge in [0.25, 0.3) is 0 Å². The second kappa shape index (κ2) is 6.52. The third kappa shape index (κ3) is 3.69. The number of piperazine rings is 1. The molecule has 1 heterocycles. The Kier molecular flexibility index (Phi) is 5.14. The van der Waals surface area contributed by atoms with E-state index >= 15 is 0 Å². The molecular weight excluding hydrogens is 283 g/mol. The summed E-state index contributed by atoms with van der Waals surface area (Å²) in [6.07, 6.45) is -1.05. The molecule has 21 heavy (non-hydrogen) atoms. The Labute approximate surface area is 123 Å². The van der Waals surface area contributed by atoms with Crippen molar-refractivity contribution in [3.8, 4) is 0 Å². The van der Waals surface area contributed by atoms with Crippen LogP contribution in [0.15, 0.2) is 0 Å². The van der Waals surface area contributed by atoms with Gasteiger partial charge in [0.1, 0.15) is 6.04 Å². The van der Waals surface area contributed by atoms with Crippen molar-refractivity contribution in [2.45, 2.75) is 44.8 Å². The van der Waals surface area contributed by atoms with Crippen molar-refractivity contribution in [1.29, 1.82) is 0 Å². The first-order valence-corrected chi connectivity index (χ1v) is 7.69. The number of hydrogen-bond acceptors (Lipinski definition) is 3. The fourth-order valence-electron chi connectivity index (χ4n) is 3.17. The van der Waals surface area contributed by atoms with Gasteiger partial charge in [0.15, 0.2) is 0 Å². The van der Waals surface area contributed by atoms with E-state index in [9.17, 15) is 18.0 Å². The number of carbonyl (C=O) groups excluding carboxylic acids is 1. The lowest BCUT2D eigenvalue weighted by Gasteiger charge is -2.41. The first-order chi connectivity index (χ1) is 9.89. The normalized spacial score (nSPS) is 24.2. The maximum atomic E-state index is 13.2. The summed E-state index contributed by atoms with van der Waals surface area (Å²) in [5.74, 6) is -0.208. The van der Waals surface area contributed by atoms with Crippen molar-refractivity contribution in [3.05, 3.63) is 0 Å². The van der Waals surface area contributed by atoms with Crippen molar-refractivity contribution in [2.75, 3.05) is 32.7 Å². The molecule has 1 atom stereocenters. The highest BCUT2D eigenvalue weighted by Crippen LogP contribution is 2.43. The van der Waals surface area contributed by atoms with E-state index in [1.54, 1.807) is 0 Å². The van der Waals surface area contributed by atoms with Crippen LogP contribution in [0, 0.1) is 5.41 Å². The number of amides is 1. The number of hydrogen-bond donors (Lipinski definition) is 2. The minimum Gasteiger partial charge on any atom is -0.354 e. The van der Waals surface area contributed by atoms with Crippen LogP contribution in [0.5, 0.6) is 0 Å². The molecule has 2 aliphatic rings. The van der Waals surface area contributed by atoms with Crippen LogP contribution in [-0.4, -0.2) is 55.7 Å². The van der Waals surface area contributed by atoms with Crippen LogP contribution >= 0.6 is 0 Å². The molecule has 0 spiro atoms.